The first-order chi connectivity index (χ1) is 8.33. The molecule has 0 N–H and O–H groups in total. The fourth-order valence-corrected chi connectivity index (χ4v) is 2.52. The van der Waals surface area contributed by atoms with E-state index in [4.69, 9.17) is 0 Å². The molecule has 0 aliphatic carbocycles. The molecule has 2 aliphatic rings. The lowest BCUT2D eigenvalue weighted by atomic mass is 10.1. The van der Waals surface area contributed by atoms with E-state index in [9.17, 15) is 0 Å². The molecular formula is C13H13N3S. The van der Waals surface area contributed by atoms with Gasteiger partial charge in [0.15, 0.2) is 5.84 Å². The molecule has 0 unspecified atom stereocenters. The van der Waals surface area contributed by atoms with Crippen molar-refractivity contribution in [1.29, 1.82) is 0 Å². The van der Waals surface area contributed by atoms with Crippen LogP contribution in [0, 0.1) is 0 Å². The van der Waals surface area contributed by atoms with Gasteiger partial charge >= 0.3 is 0 Å². The summed E-state index contributed by atoms with van der Waals surface area (Å²) < 4.78 is 0. The molecule has 86 valence electrons. The predicted molar refractivity (Wildman–Crippen MR) is 72.5 cm³/mol. The van der Waals surface area contributed by atoms with Gasteiger partial charge in [0.05, 0.1) is 0 Å². The average Bonchev–Trinajstić information content (AvgIpc) is 2.93. The minimum absolute atomic E-state index is 0.829. The van der Waals surface area contributed by atoms with Crippen LogP contribution >= 0.6 is 11.3 Å². The molecule has 3 rings (SSSR count). The molecule has 0 amide bonds. The molecule has 2 aliphatic heterocycles. The van der Waals surface area contributed by atoms with Crippen LogP contribution in [0.15, 0.2) is 51.9 Å². The number of fused-ring (bicyclic) bond motifs is 1. The van der Waals surface area contributed by atoms with Crippen molar-refractivity contribution in [2.24, 2.45) is 5.10 Å². The van der Waals surface area contributed by atoms with Crippen LogP contribution in [0.1, 0.15) is 5.56 Å². The topological polar surface area (TPSA) is 18.8 Å². The first-order valence-electron chi connectivity index (χ1n) is 5.48. The maximum atomic E-state index is 4.50. The lowest BCUT2D eigenvalue weighted by Gasteiger charge is -2.18. The zero-order valence-electron chi connectivity index (χ0n) is 9.58. The van der Waals surface area contributed by atoms with Crippen LogP contribution in [-0.4, -0.2) is 29.5 Å². The number of rotatable bonds is 2. The van der Waals surface area contributed by atoms with E-state index >= 15 is 0 Å². The molecule has 0 aromatic carbocycles. The first-order valence-corrected chi connectivity index (χ1v) is 6.43. The molecule has 17 heavy (non-hydrogen) atoms. The quantitative estimate of drug-likeness (QED) is 0.795. The van der Waals surface area contributed by atoms with Crippen LogP contribution in [0.2, 0.25) is 0 Å². The first kappa shape index (κ1) is 10.4. The van der Waals surface area contributed by atoms with Gasteiger partial charge in [-0.15, -0.1) is 0 Å². The molecule has 3 heterocycles. The van der Waals surface area contributed by atoms with Gasteiger partial charge in [-0.1, -0.05) is 12.2 Å². The fraction of sp³-hybridized carbons (Fsp3) is 0.154. The average molecular weight is 243 g/mol. The maximum Gasteiger partial charge on any atom is 0.161 e. The number of nitrogens with zero attached hydrogens (tertiary/aromatic N) is 3. The number of hydrazone groups is 1. The molecule has 3 nitrogen and oxygen atoms in total. The highest BCUT2D eigenvalue weighted by molar-refractivity contribution is 7.08. The van der Waals surface area contributed by atoms with E-state index in [-0.39, 0.29) is 0 Å². The van der Waals surface area contributed by atoms with Gasteiger partial charge in [0, 0.05) is 18.8 Å². The van der Waals surface area contributed by atoms with Gasteiger partial charge in [-0.3, -0.25) is 5.01 Å². The van der Waals surface area contributed by atoms with E-state index in [1.807, 2.05) is 12.1 Å². The fourth-order valence-electron chi connectivity index (χ4n) is 1.89. The van der Waals surface area contributed by atoms with Gasteiger partial charge in [-0.05, 0) is 34.5 Å². The number of amidine groups is 1. The van der Waals surface area contributed by atoms with Gasteiger partial charge in [0.25, 0.3) is 0 Å². The third-order valence-corrected chi connectivity index (χ3v) is 3.39. The van der Waals surface area contributed by atoms with E-state index in [0.29, 0.717) is 0 Å². The number of thiophene rings is 1. The Morgan fingerprint density at radius 3 is 3.18 bits per heavy atom. The Labute approximate surface area is 105 Å². The molecule has 1 aromatic heterocycles. The molecule has 0 fully saturated rings. The third kappa shape index (κ3) is 2.03. The van der Waals surface area contributed by atoms with Crippen molar-refractivity contribution in [2.75, 3.05) is 13.7 Å². The van der Waals surface area contributed by atoms with Gasteiger partial charge < -0.3 is 4.90 Å². The molecule has 0 bridgehead atoms. The molecule has 4 heteroatoms. The molecule has 1 aromatic rings. The zero-order valence-corrected chi connectivity index (χ0v) is 10.4. The van der Waals surface area contributed by atoms with Crippen LogP contribution in [0.3, 0.4) is 0 Å². The van der Waals surface area contributed by atoms with Gasteiger partial charge in [-0.2, -0.15) is 16.4 Å². The second-order valence-electron chi connectivity index (χ2n) is 4.05. The summed E-state index contributed by atoms with van der Waals surface area (Å²) in [6, 6.07) is 2.11. The molecule has 0 saturated heterocycles. The minimum Gasteiger partial charge on any atom is -0.311 e. The Morgan fingerprint density at radius 2 is 2.35 bits per heavy atom. The lowest BCUT2D eigenvalue weighted by molar-refractivity contribution is 0.317. The Hall–Kier alpha value is -1.81. The maximum absolute atomic E-state index is 4.50. The SMILES string of the molecule is CN1CN2C=CC=C(/C=C/c3ccsc3)C2=N1. The summed E-state index contributed by atoms with van der Waals surface area (Å²) in [6.07, 6.45) is 10.5. The van der Waals surface area contributed by atoms with Crippen molar-refractivity contribution in [1.82, 2.24) is 9.91 Å². The van der Waals surface area contributed by atoms with Crippen LogP contribution in [0.5, 0.6) is 0 Å². The van der Waals surface area contributed by atoms with E-state index < -0.39 is 0 Å². The highest BCUT2D eigenvalue weighted by atomic mass is 32.1. The normalized spacial score (nSPS) is 18.6. The van der Waals surface area contributed by atoms with Gasteiger partial charge in [-0.25, -0.2) is 0 Å². The lowest BCUT2D eigenvalue weighted by Crippen LogP contribution is -2.26. The van der Waals surface area contributed by atoms with Crippen molar-refractivity contribution >= 4 is 23.2 Å². The predicted octanol–water partition coefficient (Wildman–Crippen LogP) is 2.73. The van der Waals surface area contributed by atoms with Crippen molar-refractivity contribution < 1.29 is 0 Å². The standard InChI is InChI=1S/C13H13N3S/c1-15-10-16-7-2-3-12(13(16)14-15)5-4-11-6-8-17-9-11/h2-9H,10H2,1H3/b5-4+. The summed E-state index contributed by atoms with van der Waals surface area (Å²) in [5, 5.41) is 10.7. The highest BCUT2D eigenvalue weighted by Gasteiger charge is 2.22. The molecule has 0 spiro atoms. The summed E-state index contributed by atoms with van der Waals surface area (Å²) in [7, 11) is 1.99. The van der Waals surface area contributed by atoms with Crippen molar-refractivity contribution in [3.05, 3.63) is 52.4 Å². The highest BCUT2D eigenvalue weighted by Crippen LogP contribution is 2.19. The summed E-state index contributed by atoms with van der Waals surface area (Å²) in [5.41, 5.74) is 2.40. The van der Waals surface area contributed by atoms with E-state index in [2.05, 4.69) is 57.3 Å². The summed E-state index contributed by atoms with van der Waals surface area (Å²) in [6.45, 7) is 0.829. The molecule has 0 atom stereocenters. The van der Waals surface area contributed by atoms with Crippen molar-refractivity contribution in [2.45, 2.75) is 0 Å². The molecular weight excluding hydrogens is 230 g/mol. The summed E-state index contributed by atoms with van der Waals surface area (Å²) in [5.74, 6) is 1.03. The monoisotopic (exact) mass is 243 g/mol. The summed E-state index contributed by atoms with van der Waals surface area (Å²) >= 11 is 1.71. The Morgan fingerprint density at radius 1 is 1.41 bits per heavy atom. The van der Waals surface area contributed by atoms with E-state index in [0.717, 1.165) is 18.1 Å². The molecule has 0 radical (unpaired) electrons. The second kappa shape index (κ2) is 4.22. The van der Waals surface area contributed by atoms with Crippen LogP contribution in [0.4, 0.5) is 0 Å². The Kier molecular flexibility index (Phi) is 2.57. The van der Waals surface area contributed by atoms with Crippen LogP contribution in [-0.2, 0) is 0 Å². The largest absolute Gasteiger partial charge is 0.311 e. The van der Waals surface area contributed by atoms with E-state index in [1.54, 1.807) is 11.3 Å². The Bertz CT molecular complexity index is 523. The smallest absolute Gasteiger partial charge is 0.161 e. The number of hydrogen-bond donors (Lipinski definition) is 0. The molecule has 0 saturated carbocycles. The summed E-state index contributed by atoms with van der Waals surface area (Å²) in [4.78, 5) is 2.15. The van der Waals surface area contributed by atoms with Crippen LogP contribution < -0.4 is 0 Å². The van der Waals surface area contributed by atoms with Crippen molar-refractivity contribution in [3.63, 3.8) is 0 Å². The van der Waals surface area contributed by atoms with Gasteiger partial charge in [0.1, 0.15) is 6.67 Å². The number of allylic oxidation sites excluding steroid dienone is 2. The van der Waals surface area contributed by atoms with Crippen molar-refractivity contribution in [3.8, 4) is 0 Å². The minimum atomic E-state index is 0.829. The van der Waals surface area contributed by atoms with Gasteiger partial charge in [0.2, 0.25) is 0 Å². The number of hydrogen-bond acceptors (Lipinski definition) is 4. The zero-order chi connectivity index (χ0) is 11.7. The van der Waals surface area contributed by atoms with Crippen LogP contribution in [0.25, 0.3) is 6.08 Å². The van der Waals surface area contributed by atoms with E-state index in [1.165, 1.54) is 5.56 Å². The Balaban J connectivity index is 1.85. The third-order valence-electron chi connectivity index (χ3n) is 2.69. The second-order valence-corrected chi connectivity index (χ2v) is 4.83.